The highest BCUT2D eigenvalue weighted by molar-refractivity contribution is 7.46. The van der Waals surface area contributed by atoms with Gasteiger partial charge in [-0.1, -0.05) is 212 Å². The van der Waals surface area contributed by atoms with Crippen molar-refractivity contribution < 1.29 is 37.9 Å². The van der Waals surface area contributed by atoms with Gasteiger partial charge in [-0.2, -0.15) is 0 Å². The van der Waals surface area contributed by atoms with Gasteiger partial charge in [-0.3, -0.25) is 14.1 Å². The first-order chi connectivity index (χ1) is 26.3. The second-order valence-corrected chi connectivity index (χ2v) is 17.0. The smallest absolute Gasteiger partial charge is 0.462 e. The number of hydrogen-bond donors (Lipinski definition) is 2. The van der Waals surface area contributed by atoms with E-state index in [-0.39, 0.29) is 19.4 Å². The fraction of sp³-hybridized carbons (Fsp3) is 0.911. The Bertz CT molecular complexity index is 889. The van der Waals surface area contributed by atoms with Crippen LogP contribution in [0, 0.1) is 0 Å². The molecule has 0 aliphatic carbocycles. The molecule has 0 radical (unpaired) electrons. The maximum Gasteiger partial charge on any atom is 0.469 e. The topological polar surface area (TPSA) is 119 Å². The van der Waals surface area contributed by atoms with Crippen molar-refractivity contribution in [2.75, 3.05) is 13.2 Å². The summed E-state index contributed by atoms with van der Waals surface area (Å²) in [6.45, 7) is 3.69. The molecule has 0 aromatic carbocycles. The summed E-state index contributed by atoms with van der Waals surface area (Å²) in [4.78, 5) is 42.9. The van der Waals surface area contributed by atoms with Crippen LogP contribution in [-0.4, -0.2) is 41.0 Å². The van der Waals surface area contributed by atoms with E-state index in [0.29, 0.717) is 6.42 Å². The first kappa shape index (κ1) is 52.8. The Morgan fingerprint density at radius 3 is 1.19 bits per heavy atom. The van der Waals surface area contributed by atoms with E-state index in [1.165, 1.54) is 180 Å². The Hall–Kier alpha value is -1.21. The number of phosphoric ester groups is 1. The molecule has 0 aromatic rings. The molecular formula is C45H87O8P. The zero-order valence-corrected chi connectivity index (χ0v) is 36.3. The van der Waals surface area contributed by atoms with Crippen LogP contribution >= 0.6 is 7.82 Å². The average molecular weight is 787 g/mol. The van der Waals surface area contributed by atoms with Crippen LogP contribution in [0.25, 0.3) is 0 Å². The zero-order chi connectivity index (χ0) is 39.6. The van der Waals surface area contributed by atoms with Crippen molar-refractivity contribution >= 4 is 19.8 Å². The van der Waals surface area contributed by atoms with E-state index in [2.05, 4.69) is 30.5 Å². The van der Waals surface area contributed by atoms with Crippen LogP contribution in [-0.2, 0) is 28.2 Å². The SMILES string of the molecule is CCCC/C=C/CCCCCCCCCCCC(=O)OC[C@H](COP(=O)(O)O)OC(=O)CCCCCCCCCCCCCCCCCCCCCCC. The predicted octanol–water partition coefficient (Wildman–Crippen LogP) is 14.2. The molecule has 0 aromatic heterocycles. The molecule has 0 saturated heterocycles. The maximum atomic E-state index is 12.4. The molecule has 0 bridgehead atoms. The van der Waals surface area contributed by atoms with E-state index in [4.69, 9.17) is 19.3 Å². The van der Waals surface area contributed by atoms with E-state index < -0.39 is 32.5 Å². The number of ether oxygens (including phenoxy) is 2. The minimum atomic E-state index is -4.75. The van der Waals surface area contributed by atoms with Gasteiger partial charge in [0, 0.05) is 12.8 Å². The summed E-state index contributed by atoms with van der Waals surface area (Å²) in [5, 5.41) is 0. The van der Waals surface area contributed by atoms with Gasteiger partial charge in [0.1, 0.15) is 6.61 Å². The molecule has 54 heavy (non-hydrogen) atoms. The predicted molar refractivity (Wildman–Crippen MR) is 226 cm³/mol. The van der Waals surface area contributed by atoms with Gasteiger partial charge in [0.05, 0.1) is 6.61 Å². The summed E-state index contributed by atoms with van der Waals surface area (Å²) < 4.78 is 26.5. The van der Waals surface area contributed by atoms with Crippen LogP contribution in [0.2, 0.25) is 0 Å². The van der Waals surface area contributed by atoms with Gasteiger partial charge in [-0.25, -0.2) is 4.57 Å². The molecule has 0 unspecified atom stereocenters. The third-order valence-corrected chi connectivity index (χ3v) is 10.8. The minimum absolute atomic E-state index is 0.218. The van der Waals surface area contributed by atoms with Crippen LogP contribution in [0.1, 0.15) is 245 Å². The number of allylic oxidation sites excluding steroid dienone is 2. The molecule has 2 N–H and O–H groups in total. The Kier molecular flexibility index (Phi) is 40.5. The summed E-state index contributed by atoms with van der Waals surface area (Å²) in [5.74, 6) is -0.872. The fourth-order valence-corrected chi connectivity index (χ4v) is 7.19. The van der Waals surface area contributed by atoms with Crippen LogP contribution in [0.5, 0.6) is 0 Å². The monoisotopic (exact) mass is 787 g/mol. The second-order valence-electron chi connectivity index (χ2n) is 15.7. The largest absolute Gasteiger partial charge is 0.469 e. The maximum absolute atomic E-state index is 12.4. The third-order valence-electron chi connectivity index (χ3n) is 10.3. The number of rotatable bonds is 43. The van der Waals surface area contributed by atoms with E-state index in [0.717, 1.165) is 32.1 Å². The first-order valence-electron chi connectivity index (χ1n) is 23.0. The van der Waals surface area contributed by atoms with Gasteiger partial charge in [-0.15, -0.1) is 0 Å². The van der Waals surface area contributed by atoms with Gasteiger partial charge in [0.15, 0.2) is 6.10 Å². The Morgan fingerprint density at radius 1 is 0.463 bits per heavy atom. The summed E-state index contributed by atoms with van der Waals surface area (Å²) in [5.41, 5.74) is 0. The lowest BCUT2D eigenvalue weighted by atomic mass is 10.0. The summed E-state index contributed by atoms with van der Waals surface area (Å²) in [7, 11) is -4.75. The Morgan fingerprint density at radius 2 is 0.796 bits per heavy atom. The highest BCUT2D eigenvalue weighted by Crippen LogP contribution is 2.36. The van der Waals surface area contributed by atoms with Gasteiger partial charge in [-0.05, 0) is 32.1 Å². The van der Waals surface area contributed by atoms with Crippen molar-refractivity contribution in [3.05, 3.63) is 12.2 Å². The summed E-state index contributed by atoms with van der Waals surface area (Å²) >= 11 is 0. The van der Waals surface area contributed by atoms with Gasteiger partial charge in [0.2, 0.25) is 0 Å². The zero-order valence-electron chi connectivity index (χ0n) is 35.4. The van der Waals surface area contributed by atoms with Gasteiger partial charge >= 0.3 is 19.8 Å². The normalized spacial score (nSPS) is 12.4. The number of phosphoric acid groups is 1. The average Bonchev–Trinajstić information content (AvgIpc) is 3.14. The minimum Gasteiger partial charge on any atom is -0.462 e. The Balaban J connectivity index is 3.81. The van der Waals surface area contributed by atoms with Crippen LogP contribution in [0.15, 0.2) is 12.2 Å². The number of unbranched alkanes of at least 4 members (excludes halogenated alkanes) is 31. The number of hydrogen-bond acceptors (Lipinski definition) is 6. The van der Waals surface area contributed by atoms with Crippen molar-refractivity contribution in [2.24, 2.45) is 0 Å². The van der Waals surface area contributed by atoms with E-state index in [9.17, 15) is 14.2 Å². The van der Waals surface area contributed by atoms with Crippen LogP contribution < -0.4 is 0 Å². The summed E-state index contributed by atoms with van der Waals surface area (Å²) in [6.07, 6.45) is 46.5. The van der Waals surface area contributed by atoms with Crippen molar-refractivity contribution in [3.63, 3.8) is 0 Å². The standard InChI is InChI=1S/C45H87O8P/c1-3-5-7-9-11-13-15-17-19-20-21-22-23-24-26-28-30-32-34-36-38-40-45(47)53-43(42-52-54(48,49)50)41-51-44(46)39-37-35-33-31-29-27-25-18-16-14-12-10-8-6-4-2/h10,12,43H,3-9,11,13-42H2,1-2H3,(H2,48,49,50)/b12-10+/t43-/m1/s1. The number of esters is 2. The van der Waals surface area contributed by atoms with E-state index >= 15 is 0 Å². The van der Waals surface area contributed by atoms with Gasteiger partial charge in [0.25, 0.3) is 0 Å². The van der Waals surface area contributed by atoms with Gasteiger partial charge < -0.3 is 19.3 Å². The van der Waals surface area contributed by atoms with Crippen LogP contribution in [0.3, 0.4) is 0 Å². The van der Waals surface area contributed by atoms with Crippen molar-refractivity contribution in [2.45, 2.75) is 251 Å². The molecule has 0 saturated carbocycles. The molecule has 320 valence electrons. The molecule has 0 aliphatic heterocycles. The fourth-order valence-electron chi connectivity index (χ4n) is 6.83. The van der Waals surface area contributed by atoms with E-state index in [1.807, 2.05) is 0 Å². The molecule has 0 fully saturated rings. The molecule has 0 heterocycles. The molecule has 0 spiro atoms. The van der Waals surface area contributed by atoms with Crippen molar-refractivity contribution in [3.8, 4) is 0 Å². The Labute approximate surface area is 333 Å². The number of carbonyl (C=O) groups is 2. The molecule has 0 rings (SSSR count). The van der Waals surface area contributed by atoms with Crippen molar-refractivity contribution in [1.29, 1.82) is 0 Å². The lowest BCUT2D eigenvalue weighted by Gasteiger charge is -2.18. The quantitative estimate of drug-likeness (QED) is 0.0271. The van der Waals surface area contributed by atoms with Crippen molar-refractivity contribution in [1.82, 2.24) is 0 Å². The molecule has 0 aliphatic rings. The third kappa shape index (κ3) is 43.5. The molecule has 8 nitrogen and oxygen atoms in total. The molecule has 9 heteroatoms. The lowest BCUT2D eigenvalue weighted by Crippen LogP contribution is -2.29. The molecule has 1 atom stereocenters. The summed E-state index contributed by atoms with van der Waals surface area (Å²) in [6, 6.07) is 0. The highest BCUT2D eigenvalue weighted by Gasteiger charge is 2.23. The second kappa shape index (κ2) is 41.4. The molecule has 0 amide bonds. The number of carbonyl (C=O) groups excluding carboxylic acids is 2. The van der Waals surface area contributed by atoms with E-state index in [1.54, 1.807) is 0 Å². The first-order valence-corrected chi connectivity index (χ1v) is 24.5. The van der Waals surface area contributed by atoms with Crippen LogP contribution in [0.4, 0.5) is 0 Å². The lowest BCUT2D eigenvalue weighted by molar-refractivity contribution is -0.161. The highest BCUT2D eigenvalue weighted by atomic mass is 31.2. The molecular weight excluding hydrogens is 699 g/mol.